The number of nitrogens with one attached hydrogen (secondary N) is 1. The normalized spacial score (nSPS) is 10.6. The van der Waals surface area contributed by atoms with Crippen LogP contribution in [-0.4, -0.2) is 26.1 Å². The molecule has 0 aliphatic heterocycles. The van der Waals surface area contributed by atoms with Gasteiger partial charge in [0, 0.05) is 23.9 Å². The van der Waals surface area contributed by atoms with Gasteiger partial charge in [0.05, 0.1) is 6.26 Å². The summed E-state index contributed by atoms with van der Waals surface area (Å²) in [6.07, 6.45) is 1.49. The highest BCUT2D eigenvalue weighted by molar-refractivity contribution is 6.03. The van der Waals surface area contributed by atoms with Crippen molar-refractivity contribution in [3.63, 3.8) is 0 Å². The molecular formula is C14H13N5O2. The topological polar surface area (TPSA) is 85.8 Å². The number of rotatable bonds is 3. The summed E-state index contributed by atoms with van der Waals surface area (Å²) < 4.78 is 6.74. The van der Waals surface area contributed by atoms with Crippen molar-refractivity contribution in [3.05, 3.63) is 47.9 Å². The number of carbonyl (C=O) groups is 1. The molecule has 0 aliphatic rings. The summed E-state index contributed by atoms with van der Waals surface area (Å²) >= 11 is 0. The molecule has 0 saturated carbocycles. The summed E-state index contributed by atoms with van der Waals surface area (Å²) in [6, 6.07) is 9.05. The fourth-order valence-corrected chi connectivity index (χ4v) is 2.00. The number of hydrogen-bond acceptors (Lipinski definition) is 5. The van der Waals surface area contributed by atoms with Gasteiger partial charge in [0.1, 0.15) is 0 Å². The van der Waals surface area contributed by atoms with E-state index in [0.717, 1.165) is 11.1 Å². The second-order valence-corrected chi connectivity index (χ2v) is 4.59. The van der Waals surface area contributed by atoms with Gasteiger partial charge in [-0.2, -0.15) is 0 Å². The minimum atomic E-state index is -0.286. The van der Waals surface area contributed by atoms with Crippen LogP contribution < -0.4 is 5.32 Å². The zero-order valence-corrected chi connectivity index (χ0v) is 11.6. The summed E-state index contributed by atoms with van der Waals surface area (Å²) in [7, 11) is 1.76. The lowest BCUT2D eigenvalue weighted by atomic mass is 10.2. The van der Waals surface area contributed by atoms with E-state index in [0.29, 0.717) is 17.3 Å². The smallest absolute Gasteiger partial charge is 0.291 e. The number of aryl methyl sites for hydroxylation is 2. The number of nitrogens with zero attached hydrogens (tertiary/aromatic N) is 4. The molecule has 7 nitrogen and oxygen atoms in total. The van der Waals surface area contributed by atoms with E-state index in [2.05, 4.69) is 20.8 Å². The number of furan rings is 1. The van der Waals surface area contributed by atoms with Crippen molar-refractivity contribution in [2.24, 2.45) is 7.05 Å². The van der Waals surface area contributed by atoms with Crippen LogP contribution in [0.3, 0.4) is 0 Å². The first kappa shape index (κ1) is 13.0. The molecule has 0 aliphatic carbocycles. The number of anilines is 1. The molecule has 0 spiro atoms. The summed E-state index contributed by atoms with van der Waals surface area (Å²) in [5.74, 6) is 0.645. The maximum atomic E-state index is 12.1. The summed E-state index contributed by atoms with van der Waals surface area (Å²) in [6.45, 7) is 1.82. The van der Waals surface area contributed by atoms with Gasteiger partial charge >= 0.3 is 0 Å². The molecule has 0 unspecified atom stereocenters. The van der Waals surface area contributed by atoms with Crippen molar-refractivity contribution >= 4 is 11.6 Å². The highest BCUT2D eigenvalue weighted by Crippen LogP contribution is 2.20. The molecule has 7 heteroatoms. The summed E-state index contributed by atoms with van der Waals surface area (Å²) in [5, 5.41) is 14.1. The highest BCUT2D eigenvalue weighted by Gasteiger charge is 2.13. The molecule has 106 valence electrons. The average molecular weight is 283 g/mol. The molecule has 0 atom stereocenters. The average Bonchev–Trinajstić information content (AvgIpc) is 3.07. The Balaban J connectivity index is 1.86. The Morgan fingerprint density at radius 2 is 2.19 bits per heavy atom. The molecule has 0 fully saturated rings. The van der Waals surface area contributed by atoms with E-state index in [1.54, 1.807) is 23.9 Å². The minimum absolute atomic E-state index is 0.286. The van der Waals surface area contributed by atoms with Gasteiger partial charge in [-0.25, -0.2) is 4.68 Å². The van der Waals surface area contributed by atoms with E-state index in [4.69, 9.17) is 4.42 Å². The number of benzene rings is 1. The van der Waals surface area contributed by atoms with Gasteiger partial charge in [-0.05, 0) is 35.5 Å². The molecule has 1 amide bonds. The first-order valence-corrected chi connectivity index (χ1v) is 6.33. The zero-order chi connectivity index (χ0) is 14.8. The lowest BCUT2D eigenvalue weighted by Crippen LogP contribution is -2.12. The molecule has 3 aromatic rings. The van der Waals surface area contributed by atoms with Crippen LogP contribution >= 0.6 is 0 Å². The van der Waals surface area contributed by atoms with Crippen LogP contribution in [0.5, 0.6) is 0 Å². The Morgan fingerprint density at radius 3 is 2.86 bits per heavy atom. The molecule has 3 rings (SSSR count). The Morgan fingerprint density at radius 1 is 1.33 bits per heavy atom. The van der Waals surface area contributed by atoms with Crippen molar-refractivity contribution in [2.75, 3.05) is 5.32 Å². The van der Waals surface area contributed by atoms with Crippen LogP contribution in [0.1, 0.15) is 16.1 Å². The van der Waals surface area contributed by atoms with Crippen molar-refractivity contribution in [2.45, 2.75) is 6.92 Å². The van der Waals surface area contributed by atoms with Gasteiger partial charge in [0.2, 0.25) is 0 Å². The number of hydrogen-bond donors (Lipinski definition) is 1. The van der Waals surface area contributed by atoms with Crippen LogP contribution in [0.2, 0.25) is 0 Å². The molecule has 2 aromatic heterocycles. The number of aromatic nitrogens is 4. The summed E-state index contributed by atoms with van der Waals surface area (Å²) in [4.78, 5) is 12.1. The third-order valence-corrected chi connectivity index (χ3v) is 3.07. The Bertz CT molecular complexity index is 790. The molecule has 0 saturated heterocycles. The van der Waals surface area contributed by atoms with E-state index in [9.17, 15) is 4.79 Å². The van der Waals surface area contributed by atoms with Crippen LogP contribution in [0.15, 0.2) is 41.0 Å². The molecule has 0 bridgehead atoms. The van der Waals surface area contributed by atoms with Gasteiger partial charge in [-0.1, -0.05) is 12.1 Å². The van der Waals surface area contributed by atoms with Crippen molar-refractivity contribution in [3.8, 4) is 11.4 Å². The third kappa shape index (κ3) is 2.53. The van der Waals surface area contributed by atoms with E-state index >= 15 is 0 Å². The van der Waals surface area contributed by atoms with Crippen molar-refractivity contribution in [1.29, 1.82) is 0 Å². The fraction of sp³-hybridized carbons (Fsp3) is 0.143. The first-order valence-electron chi connectivity index (χ1n) is 6.33. The maximum absolute atomic E-state index is 12.1. The molecule has 21 heavy (non-hydrogen) atoms. The number of amides is 1. The maximum Gasteiger partial charge on any atom is 0.291 e. The van der Waals surface area contributed by atoms with E-state index in [1.165, 1.54) is 6.26 Å². The fourth-order valence-electron chi connectivity index (χ4n) is 2.00. The largest absolute Gasteiger partial charge is 0.459 e. The second-order valence-electron chi connectivity index (χ2n) is 4.59. The van der Waals surface area contributed by atoms with Gasteiger partial charge in [0.25, 0.3) is 5.91 Å². The minimum Gasteiger partial charge on any atom is -0.459 e. The molecule has 2 heterocycles. The number of tetrazole rings is 1. The molecule has 1 aromatic carbocycles. The zero-order valence-electron chi connectivity index (χ0n) is 11.6. The summed E-state index contributed by atoms with van der Waals surface area (Å²) in [5.41, 5.74) is 2.26. The van der Waals surface area contributed by atoms with E-state index < -0.39 is 0 Å². The predicted octanol–water partition coefficient (Wildman–Crippen LogP) is 2.03. The third-order valence-electron chi connectivity index (χ3n) is 3.07. The standard InChI is InChI=1S/C14H13N5O2/c1-9-6-7-21-12(9)14(20)15-11-5-3-4-10(8-11)13-16-17-18-19(13)2/h3-8H,1-2H3,(H,15,20). The van der Waals surface area contributed by atoms with Gasteiger partial charge in [0.15, 0.2) is 11.6 Å². The Labute approximate surface area is 120 Å². The van der Waals surface area contributed by atoms with E-state index in [1.807, 2.05) is 25.1 Å². The SMILES string of the molecule is Cc1ccoc1C(=O)Nc1cccc(-c2nnnn2C)c1. The molecule has 1 N–H and O–H groups in total. The Hall–Kier alpha value is -2.96. The highest BCUT2D eigenvalue weighted by atomic mass is 16.3. The van der Waals surface area contributed by atoms with Crippen molar-refractivity contribution in [1.82, 2.24) is 20.2 Å². The van der Waals surface area contributed by atoms with E-state index in [-0.39, 0.29) is 5.91 Å². The van der Waals surface area contributed by atoms with Gasteiger partial charge in [-0.3, -0.25) is 4.79 Å². The van der Waals surface area contributed by atoms with Crippen LogP contribution in [-0.2, 0) is 7.05 Å². The first-order chi connectivity index (χ1) is 10.1. The van der Waals surface area contributed by atoms with Crippen LogP contribution in [0.4, 0.5) is 5.69 Å². The quantitative estimate of drug-likeness (QED) is 0.794. The predicted molar refractivity (Wildman–Crippen MR) is 75.6 cm³/mol. The monoisotopic (exact) mass is 283 g/mol. The van der Waals surface area contributed by atoms with Crippen molar-refractivity contribution < 1.29 is 9.21 Å². The van der Waals surface area contributed by atoms with Gasteiger partial charge in [-0.15, -0.1) is 5.10 Å². The molecular weight excluding hydrogens is 270 g/mol. The molecule has 0 radical (unpaired) electrons. The van der Waals surface area contributed by atoms with Crippen LogP contribution in [0.25, 0.3) is 11.4 Å². The van der Waals surface area contributed by atoms with Gasteiger partial charge < -0.3 is 9.73 Å². The number of carbonyl (C=O) groups excluding carboxylic acids is 1. The second kappa shape index (κ2) is 5.20. The van der Waals surface area contributed by atoms with Crippen LogP contribution in [0, 0.1) is 6.92 Å². The lowest BCUT2D eigenvalue weighted by Gasteiger charge is -2.06. The Kier molecular flexibility index (Phi) is 3.23. The lowest BCUT2D eigenvalue weighted by molar-refractivity contribution is 0.0996.